The molecule has 5 heteroatoms. The van der Waals surface area contributed by atoms with Gasteiger partial charge in [0.1, 0.15) is 5.60 Å². The first-order valence-electron chi connectivity index (χ1n) is 5.41. The van der Waals surface area contributed by atoms with E-state index in [-0.39, 0.29) is 11.2 Å². The van der Waals surface area contributed by atoms with Crippen LogP contribution in [0.1, 0.15) is 40.5 Å². The van der Waals surface area contributed by atoms with Crippen molar-refractivity contribution < 1.29 is 14.3 Å². The Morgan fingerprint density at radius 2 is 1.88 bits per heavy atom. The average molecular weight is 247 g/mol. The molecule has 0 aliphatic heterocycles. The van der Waals surface area contributed by atoms with Crippen molar-refractivity contribution in [3.05, 3.63) is 0 Å². The molecule has 0 fully saturated rings. The summed E-state index contributed by atoms with van der Waals surface area (Å²) in [6, 6.07) is 0. The van der Waals surface area contributed by atoms with E-state index in [9.17, 15) is 9.59 Å². The summed E-state index contributed by atoms with van der Waals surface area (Å²) in [5, 5.41) is 2.81. The summed E-state index contributed by atoms with van der Waals surface area (Å²) in [6.07, 6.45) is 1.39. The first kappa shape index (κ1) is 15.3. The van der Waals surface area contributed by atoms with Gasteiger partial charge in [0.2, 0.25) is 0 Å². The van der Waals surface area contributed by atoms with Gasteiger partial charge in [0.15, 0.2) is 5.12 Å². The Morgan fingerprint density at radius 1 is 1.25 bits per heavy atom. The van der Waals surface area contributed by atoms with Crippen LogP contribution in [0.2, 0.25) is 0 Å². The summed E-state index contributed by atoms with van der Waals surface area (Å²) in [5.74, 6) is 0.811. The van der Waals surface area contributed by atoms with Crippen LogP contribution in [0.4, 0.5) is 4.79 Å². The van der Waals surface area contributed by atoms with Gasteiger partial charge in [-0.2, -0.15) is 0 Å². The molecule has 0 aliphatic carbocycles. The number of ether oxygens (including phenoxy) is 1. The maximum atomic E-state index is 11.2. The Labute approximate surface area is 101 Å². The zero-order valence-electron chi connectivity index (χ0n) is 10.5. The van der Waals surface area contributed by atoms with E-state index in [1.807, 2.05) is 20.8 Å². The molecule has 4 nitrogen and oxygen atoms in total. The van der Waals surface area contributed by atoms with Crippen LogP contribution < -0.4 is 5.32 Å². The SMILES string of the molecule is CC(=O)SCCCCNC(=O)OC(C)(C)C. The number of nitrogens with one attached hydrogen (secondary N) is 1. The molecule has 0 bridgehead atoms. The van der Waals surface area contributed by atoms with Crippen molar-refractivity contribution in [2.24, 2.45) is 0 Å². The van der Waals surface area contributed by atoms with E-state index in [0.29, 0.717) is 6.54 Å². The molecule has 0 aromatic rings. The standard InChI is InChI=1S/C11H21NO3S/c1-9(13)16-8-6-5-7-12-10(14)15-11(2,3)4/h5-8H2,1-4H3,(H,12,14). The van der Waals surface area contributed by atoms with Gasteiger partial charge in [0.05, 0.1) is 0 Å². The lowest BCUT2D eigenvalue weighted by Gasteiger charge is -2.19. The van der Waals surface area contributed by atoms with Crippen LogP contribution in [0, 0.1) is 0 Å². The third kappa shape index (κ3) is 11.4. The minimum absolute atomic E-state index is 0.139. The van der Waals surface area contributed by atoms with Crippen LogP contribution in [-0.4, -0.2) is 29.1 Å². The molecule has 0 aromatic carbocycles. The molecule has 0 rings (SSSR count). The number of carbonyl (C=O) groups is 2. The van der Waals surface area contributed by atoms with E-state index in [0.717, 1.165) is 18.6 Å². The van der Waals surface area contributed by atoms with Gasteiger partial charge in [-0.25, -0.2) is 4.79 Å². The first-order valence-corrected chi connectivity index (χ1v) is 6.40. The predicted octanol–water partition coefficient (Wildman–Crippen LogP) is 2.57. The molecular formula is C11H21NO3S. The van der Waals surface area contributed by atoms with E-state index >= 15 is 0 Å². The van der Waals surface area contributed by atoms with Crippen molar-refractivity contribution in [2.45, 2.75) is 46.1 Å². The topological polar surface area (TPSA) is 55.4 Å². The number of rotatable bonds is 5. The Kier molecular flexibility index (Phi) is 7.21. The summed E-state index contributed by atoms with van der Waals surface area (Å²) in [7, 11) is 0. The third-order valence-corrected chi connectivity index (χ3v) is 2.44. The summed E-state index contributed by atoms with van der Waals surface area (Å²) in [5.41, 5.74) is -0.450. The lowest BCUT2D eigenvalue weighted by molar-refractivity contribution is -0.109. The van der Waals surface area contributed by atoms with Crippen molar-refractivity contribution in [2.75, 3.05) is 12.3 Å². The number of thioether (sulfide) groups is 1. The van der Waals surface area contributed by atoms with Gasteiger partial charge in [-0.3, -0.25) is 4.79 Å². The second-order valence-corrected chi connectivity index (χ2v) is 5.75. The van der Waals surface area contributed by atoms with Crippen LogP contribution in [0.3, 0.4) is 0 Å². The van der Waals surface area contributed by atoms with Gasteiger partial charge in [-0.1, -0.05) is 11.8 Å². The molecule has 0 saturated heterocycles. The number of unbranched alkanes of at least 4 members (excludes halogenated alkanes) is 1. The Morgan fingerprint density at radius 3 is 2.38 bits per heavy atom. The first-order chi connectivity index (χ1) is 7.31. The summed E-state index contributed by atoms with van der Waals surface area (Å²) in [4.78, 5) is 21.8. The predicted molar refractivity (Wildman–Crippen MR) is 66.6 cm³/mol. The summed E-state index contributed by atoms with van der Waals surface area (Å²) < 4.78 is 5.07. The molecule has 0 heterocycles. The van der Waals surface area contributed by atoms with E-state index in [4.69, 9.17) is 4.74 Å². The Bertz CT molecular complexity index is 236. The van der Waals surface area contributed by atoms with Gasteiger partial charge in [-0.05, 0) is 33.6 Å². The van der Waals surface area contributed by atoms with E-state index in [2.05, 4.69) is 5.32 Å². The average Bonchev–Trinajstić information content (AvgIpc) is 2.07. The molecule has 16 heavy (non-hydrogen) atoms. The maximum absolute atomic E-state index is 11.2. The third-order valence-electron chi connectivity index (χ3n) is 1.54. The van der Waals surface area contributed by atoms with E-state index in [1.165, 1.54) is 11.8 Å². The number of hydrogen-bond donors (Lipinski definition) is 1. The molecule has 0 radical (unpaired) electrons. The van der Waals surface area contributed by atoms with Crippen molar-refractivity contribution in [1.82, 2.24) is 5.32 Å². The van der Waals surface area contributed by atoms with Crippen molar-refractivity contribution >= 4 is 23.0 Å². The number of alkyl carbamates (subject to hydrolysis) is 1. The van der Waals surface area contributed by atoms with Gasteiger partial charge < -0.3 is 10.1 Å². The molecule has 0 aromatic heterocycles. The van der Waals surface area contributed by atoms with Crippen molar-refractivity contribution in [3.63, 3.8) is 0 Å². The smallest absolute Gasteiger partial charge is 0.407 e. The molecular weight excluding hydrogens is 226 g/mol. The highest BCUT2D eigenvalue weighted by Crippen LogP contribution is 2.07. The van der Waals surface area contributed by atoms with Crippen LogP contribution in [0.25, 0.3) is 0 Å². The zero-order chi connectivity index (χ0) is 12.6. The van der Waals surface area contributed by atoms with Crippen molar-refractivity contribution in [1.29, 1.82) is 0 Å². The number of hydrogen-bond acceptors (Lipinski definition) is 4. The van der Waals surface area contributed by atoms with Crippen LogP contribution in [0.15, 0.2) is 0 Å². The largest absolute Gasteiger partial charge is 0.444 e. The van der Waals surface area contributed by atoms with Gasteiger partial charge in [0, 0.05) is 19.2 Å². The van der Waals surface area contributed by atoms with Gasteiger partial charge in [-0.15, -0.1) is 0 Å². The quantitative estimate of drug-likeness (QED) is 0.759. The molecule has 0 unspecified atom stereocenters. The lowest BCUT2D eigenvalue weighted by Crippen LogP contribution is -2.33. The number of carbonyl (C=O) groups excluding carboxylic acids is 2. The monoisotopic (exact) mass is 247 g/mol. The minimum atomic E-state index is -0.450. The second kappa shape index (κ2) is 7.54. The van der Waals surface area contributed by atoms with E-state index < -0.39 is 5.60 Å². The molecule has 1 N–H and O–H groups in total. The fraction of sp³-hybridized carbons (Fsp3) is 0.818. The molecule has 0 saturated carbocycles. The van der Waals surface area contributed by atoms with Crippen LogP contribution in [-0.2, 0) is 9.53 Å². The van der Waals surface area contributed by atoms with Gasteiger partial charge >= 0.3 is 6.09 Å². The summed E-state index contributed by atoms with van der Waals surface area (Å²) in [6.45, 7) is 7.64. The maximum Gasteiger partial charge on any atom is 0.407 e. The fourth-order valence-electron chi connectivity index (χ4n) is 0.948. The highest BCUT2D eigenvalue weighted by Gasteiger charge is 2.15. The number of amides is 1. The molecule has 94 valence electrons. The lowest BCUT2D eigenvalue weighted by atomic mass is 10.2. The normalized spacial score (nSPS) is 11.0. The highest BCUT2D eigenvalue weighted by molar-refractivity contribution is 8.13. The highest BCUT2D eigenvalue weighted by atomic mass is 32.2. The second-order valence-electron chi connectivity index (χ2n) is 4.48. The van der Waals surface area contributed by atoms with Gasteiger partial charge in [0.25, 0.3) is 0 Å². The fourth-order valence-corrected chi connectivity index (χ4v) is 1.58. The Hall–Kier alpha value is -0.710. The molecule has 0 spiro atoms. The van der Waals surface area contributed by atoms with E-state index in [1.54, 1.807) is 6.92 Å². The minimum Gasteiger partial charge on any atom is -0.444 e. The van der Waals surface area contributed by atoms with Crippen molar-refractivity contribution in [3.8, 4) is 0 Å². The van der Waals surface area contributed by atoms with Crippen LogP contribution in [0.5, 0.6) is 0 Å². The molecule has 0 aliphatic rings. The zero-order valence-corrected chi connectivity index (χ0v) is 11.3. The molecule has 1 amide bonds. The molecule has 0 atom stereocenters. The summed E-state index contributed by atoms with van der Waals surface area (Å²) >= 11 is 1.32. The Balaban J connectivity index is 3.38. The van der Waals surface area contributed by atoms with Crippen LogP contribution >= 0.6 is 11.8 Å².